The Balaban J connectivity index is 0.000000655. The van der Waals surface area contributed by atoms with Gasteiger partial charge in [0, 0.05) is 27.3 Å². The van der Waals surface area contributed by atoms with Crippen molar-refractivity contribution < 1.29 is 62.4 Å². The van der Waals surface area contributed by atoms with Crippen LogP contribution in [0.5, 0.6) is 0 Å². The van der Waals surface area contributed by atoms with Crippen LogP contribution in [0.2, 0.25) is 0 Å². The molecule has 0 saturated heterocycles. The van der Waals surface area contributed by atoms with Crippen LogP contribution in [-0.4, -0.2) is 38.9 Å². The second kappa shape index (κ2) is 7.83. The van der Waals surface area contributed by atoms with Gasteiger partial charge in [0.05, 0.1) is 12.3 Å². The number of carboxylic acid groups (broad SMARTS) is 1. The number of rotatable bonds is 2. The van der Waals surface area contributed by atoms with Gasteiger partial charge in [-0.05, 0) is 6.07 Å². The van der Waals surface area contributed by atoms with E-state index in [1.54, 1.807) is 0 Å². The number of pyridine rings is 1. The van der Waals surface area contributed by atoms with Crippen molar-refractivity contribution in [3.63, 3.8) is 0 Å². The average Bonchev–Trinajstić information content (AvgIpc) is 2.57. The number of halogens is 6. The molecule has 24 heavy (non-hydrogen) atoms. The molecule has 0 radical (unpaired) electrons. The Hall–Kier alpha value is -1.83. The molecule has 0 fully saturated rings. The van der Waals surface area contributed by atoms with Crippen LogP contribution >= 0.6 is 0 Å². The van der Waals surface area contributed by atoms with Crippen LogP contribution in [0.1, 0.15) is 5.69 Å². The number of alkyl halides is 6. The number of allylic oxidation sites excluding steroid dienone is 2. The summed E-state index contributed by atoms with van der Waals surface area (Å²) in [6.45, 7) is 0. The number of aliphatic carboxylic acids is 1. The Morgan fingerprint density at radius 1 is 1.17 bits per heavy atom. The molecule has 4 nitrogen and oxygen atoms in total. The van der Waals surface area contributed by atoms with Gasteiger partial charge in [-0.15, -0.1) is 11.6 Å². The quantitative estimate of drug-likeness (QED) is 0.264. The molecule has 0 saturated carbocycles. The molecule has 0 aromatic carbocycles. The van der Waals surface area contributed by atoms with Gasteiger partial charge in [0.2, 0.25) is 0 Å². The van der Waals surface area contributed by atoms with Crippen LogP contribution in [0.15, 0.2) is 36.7 Å². The first kappa shape index (κ1) is 22.2. The van der Waals surface area contributed by atoms with E-state index in [2.05, 4.69) is 4.98 Å². The Bertz CT molecular complexity index is 634. The number of aromatic nitrogens is 1. The third-order valence-electron chi connectivity index (χ3n) is 2.52. The minimum Gasteiger partial charge on any atom is -0.515 e. The molecular formula is C13H8F6NO3Pt-. The zero-order valence-electron chi connectivity index (χ0n) is 11.3. The minimum atomic E-state index is -5.49. The molecule has 0 unspecified atom stereocenters. The van der Waals surface area contributed by atoms with Crippen LogP contribution in [0.3, 0.4) is 0 Å². The molecule has 0 amide bonds. The first-order chi connectivity index (χ1) is 10.5. The van der Waals surface area contributed by atoms with Gasteiger partial charge in [0.25, 0.3) is 5.92 Å². The summed E-state index contributed by atoms with van der Waals surface area (Å²) >= 11 is 0. The number of hydrogen-bond acceptors (Lipinski definition) is 3. The Morgan fingerprint density at radius 3 is 2.04 bits per heavy atom. The number of aliphatic hydroxyl groups excluding tert-OH is 1. The van der Waals surface area contributed by atoms with Gasteiger partial charge in [-0.2, -0.15) is 23.6 Å². The number of hydrogen-bond donors (Lipinski definition) is 2. The van der Waals surface area contributed by atoms with E-state index in [0.29, 0.717) is 12.3 Å². The standard InChI is InChI=1S/C10H4F6N.C3H4O3.Pt/c11-8(12)5-6(7-3-1-2-4-17-7)9(13,14)10(8,15)16;4-2-1-3(5)6;/h1-4H;1-2,4H,(H,5,6);/q-1;;/b;2-1-;. The third kappa shape index (κ3) is 4.17. The fraction of sp³-hybridized carbons (Fsp3) is 0.231. The van der Waals surface area contributed by atoms with Gasteiger partial charge in [-0.25, -0.2) is 13.6 Å². The molecule has 0 atom stereocenters. The van der Waals surface area contributed by atoms with Crippen molar-refractivity contribution in [2.75, 3.05) is 0 Å². The molecule has 1 aliphatic carbocycles. The molecule has 11 heteroatoms. The summed E-state index contributed by atoms with van der Waals surface area (Å²) in [5.41, 5.74) is -2.22. The van der Waals surface area contributed by atoms with Gasteiger partial charge in [0.15, 0.2) is 0 Å². The fourth-order valence-electron chi connectivity index (χ4n) is 1.47. The second-order valence-corrected chi connectivity index (χ2v) is 4.09. The summed E-state index contributed by atoms with van der Waals surface area (Å²) in [7, 11) is 0. The molecule has 1 aromatic heterocycles. The van der Waals surface area contributed by atoms with Gasteiger partial charge >= 0.3 is 17.8 Å². The van der Waals surface area contributed by atoms with E-state index in [1.165, 1.54) is 12.1 Å². The van der Waals surface area contributed by atoms with E-state index in [-0.39, 0.29) is 21.1 Å². The minimum absolute atomic E-state index is 0. The summed E-state index contributed by atoms with van der Waals surface area (Å²) in [5.74, 6) is -16.6. The fourth-order valence-corrected chi connectivity index (χ4v) is 1.47. The predicted molar refractivity (Wildman–Crippen MR) is 65.1 cm³/mol. The summed E-state index contributed by atoms with van der Waals surface area (Å²) < 4.78 is 77.6. The van der Waals surface area contributed by atoms with Crippen molar-refractivity contribution in [1.29, 1.82) is 0 Å². The third-order valence-corrected chi connectivity index (χ3v) is 2.52. The van der Waals surface area contributed by atoms with Crippen LogP contribution in [-0.2, 0) is 25.9 Å². The van der Waals surface area contributed by atoms with Gasteiger partial charge in [-0.3, -0.25) is 0 Å². The topological polar surface area (TPSA) is 70.4 Å². The van der Waals surface area contributed by atoms with E-state index >= 15 is 0 Å². The molecule has 2 N–H and O–H groups in total. The van der Waals surface area contributed by atoms with Crippen LogP contribution < -0.4 is 0 Å². The SMILES string of the molecule is FC1(F)[C-]=C(c2ccccn2)C(F)(F)C1(F)F.O=C(O)/C=C\O.[Pt]. The Morgan fingerprint density at radius 2 is 1.75 bits per heavy atom. The zero-order chi connectivity index (χ0) is 17.9. The Labute approximate surface area is 145 Å². The van der Waals surface area contributed by atoms with E-state index in [9.17, 15) is 31.1 Å². The molecule has 0 bridgehead atoms. The predicted octanol–water partition coefficient (Wildman–Crippen LogP) is 3.33. The second-order valence-electron chi connectivity index (χ2n) is 4.09. The first-order valence-corrected chi connectivity index (χ1v) is 5.71. The summed E-state index contributed by atoms with van der Waals surface area (Å²) in [6.07, 6.45) is 3.00. The first-order valence-electron chi connectivity index (χ1n) is 5.71. The maximum Gasteiger partial charge on any atom is 0.360 e. The number of aliphatic hydroxyl groups is 1. The van der Waals surface area contributed by atoms with E-state index < -0.39 is 35.0 Å². The molecule has 2 rings (SSSR count). The van der Waals surface area contributed by atoms with E-state index in [1.807, 2.05) is 0 Å². The summed E-state index contributed by atoms with van der Waals surface area (Å²) in [4.78, 5) is 12.7. The van der Waals surface area contributed by atoms with Crippen LogP contribution in [0, 0.1) is 6.08 Å². The van der Waals surface area contributed by atoms with Crippen molar-refractivity contribution in [2.45, 2.75) is 17.8 Å². The molecule has 1 aliphatic rings. The molecule has 1 aromatic rings. The van der Waals surface area contributed by atoms with Gasteiger partial charge in [0.1, 0.15) is 0 Å². The smallest absolute Gasteiger partial charge is 0.360 e. The van der Waals surface area contributed by atoms with Crippen LogP contribution in [0.4, 0.5) is 26.3 Å². The number of carbonyl (C=O) groups is 1. The largest absolute Gasteiger partial charge is 0.515 e. The van der Waals surface area contributed by atoms with Crippen molar-refractivity contribution in [2.24, 2.45) is 0 Å². The summed E-state index contributed by atoms with van der Waals surface area (Å²) in [6, 6.07) is 3.50. The van der Waals surface area contributed by atoms with E-state index in [0.717, 1.165) is 18.3 Å². The average molecular weight is 535 g/mol. The Kier molecular flexibility index (Phi) is 7.23. The van der Waals surface area contributed by atoms with Crippen molar-refractivity contribution >= 4 is 11.5 Å². The molecule has 136 valence electrons. The maximum absolute atomic E-state index is 13.2. The molecular weight excluding hydrogens is 527 g/mol. The van der Waals surface area contributed by atoms with Gasteiger partial charge in [-0.1, -0.05) is 11.8 Å². The number of nitrogens with zero attached hydrogens (tertiary/aromatic N) is 1. The number of carboxylic acids is 1. The monoisotopic (exact) mass is 535 g/mol. The van der Waals surface area contributed by atoms with Gasteiger partial charge < -0.3 is 15.2 Å². The van der Waals surface area contributed by atoms with Crippen LogP contribution in [0.25, 0.3) is 5.57 Å². The normalized spacial score (nSPS) is 19.7. The summed E-state index contributed by atoms with van der Waals surface area (Å²) in [5, 5.41) is 15.3. The molecule has 1 heterocycles. The van der Waals surface area contributed by atoms with Crippen molar-refractivity contribution in [3.8, 4) is 0 Å². The zero-order valence-corrected chi connectivity index (χ0v) is 13.6. The molecule has 0 aliphatic heterocycles. The van der Waals surface area contributed by atoms with Crippen molar-refractivity contribution in [3.05, 3.63) is 48.5 Å². The van der Waals surface area contributed by atoms with Crippen molar-refractivity contribution in [1.82, 2.24) is 4.98 Å². The maximum atomic E-state index is 13.2. The van der Waals surface area contributed by atoms with E-state index in [4.69, 9.17) is 10.2 Å². The molecule has 0 spiro atoms.